The molecule has 1 unspecified atom stereocenters. The van der Waals surface area contributed by atoms with Gasteiger partial charge < -0.3 is 38.9 Å². The van der Waals surface area contributed by atoms with Gasteiger partial charge in [0.1, 0.15) is 29.6 Å². The normalized spacial score (nSPS) is 24.0. The van der Waals surface area contributed by atoms with E-state index in [1.165, 1.54) is 0 Å². The number of nitrogens with zero attached hydrogens (tertiary/aromatic N) is 3. The molecule has 0 radical (unpaired) electrons. The lowest BCUT2D eigenvalue weighted by atomic mass is 9.55. The van der Waals surface area contributed by atoms with E-state index in [4.69, 9.17) is 28.9 Å². The highest BCUT2D eigenvalue weighted by atomic mass is 16.8. The molecule has 0 spiro atoms. The number of benzene rings is 5. The molecule has 2 N–H and O–H groups in total. The number of hydrogen-bond acceptors (Lipinski definition) is 11. The quantitative estimate of drug-likeness (QED) is 0.0333. The predicted octanol–water partition coefficient (Wildman–Crippen LogP) is 10.8. The number of unbranched alkanes of at least 4 members (excludes halogenated alkanes) is 2. The molecule has 1 amide bonds. The van der Waals surface area contributed by atoms with Crippen LogP contribution in [0.5, 0.6) is 17.2 Å². The molecule has 7 atom stereocenters. The van der Waals surface area contributed by atoms with E-state index in [1.54, 1.807) is 48.5 Å². The highest BCUT2D eigenvalue weighted by Crippen LogP contribution is 2.62. The first-order valence-electron chi connectivity index (χ1n) is 24.7. The fourth-order valence-electron chi connectivity index (χ4n) is 11.2. The second-order valence-electron chi connectivity index (χ2n) is 18.7. The van der Waals surface area contributed by atoms with Crippen molar-refractivity contribution in [3.63, 3.8) is 0 Å². The number of hydrogen-bond donors (Lipinski definition) is 2. The fourth-order valence-corrected chi connectivity index (χ4v) is 11.2. The molecular formula is C58H61N3O9. The van der Waals surface area contributed by atoms with Gasteiger partial charge in [-0.3, -0.25) is 9.59 Å². The second kappa shape index (κ2) is 22.4. The van der Waals surface area contributed by atoms with Crippen LogP contribution in [0, 0.1) is 29.1 Å². The summed E-state index contributed by atoms with van der Waals surface area (Å²) in [4.78, 5) is 35.7. The highest BCUT2D eigenvalue weighted by Gasteiger charge is 2.65. The third kappa shape index (κ3) is 10.2. The molecule has 0 aromatic heterocycles. The number of aliphatic hydroxyl groups excluding tert-OH is 2. The maximum atomic E-state index is 15.7. The summed E-state index contributed by atoms with van der Waals surface area (Å²) >= 11 is 0. The lowest BCUT2D eigenvalue weighted by Crippen LogP contribution is -2.70. The summed E-state index contributed by atoms with van der Waals surface area (Å²) in [6.45, 7) is 5.08. The van der Waals surface area contributed by atoms with Crippen LogP contribution in [0.2, 0.25) is 0 Å². The average Bonchev–Trinajstić information content (AvgIpc) is 3.40. The number of aldehydes is 1. The lowest BCUT2D eigenvalue weighted by molar-refractivity contribution is -0.255. The molecule has 2 fully saturated rings. The van der Waals surface area contributed by atoms with Gasteiger partial charge in [0.05, 0.1) is 36.5 Å². The van der Waals surface area contributed by atoms with Crippen LogP contribution in [-0.4, -0.2) is 77.6 Å². The van der Waals surface area contributed by atoms with E-state index in [0.717, 1.165) is 72.3 Å². The van der Waals surface area contributed by atoms with E-state index >= 15 is 4.79 Å². The lowest BCUT2D eigenvalue weighted by Gasteiger charge is -2.60. The number of fused-ring (bicyclic) bond motifs is 3. The number of allylic oxidation sites excluding steroid dienone is 1. The molecule has 2 aliphatic heterocycles. The number of oxime groups is 1. The Kier molecular flexibility index (Phi) is 15.5. The van der Waals surface area contributed by atoms with Crippen LogP contribution >= 0.6 is 0 Å². The van der Waals surface area contributed by atoms with E-state index in [-0.39, 0.29) is 56.4 Å². The summed E-state index contributed by atoms with van der Waals surface area (Å²) in [7, 11) is 0. The molecule has 1 saturated carbocycles. The van der Waals surface area contributed by atoms with Gasteiger partial charge in [-0.15, -0.1) is 6.58 Å². The minimum atomic E-state index is -1.53. The maximum Gasteiger partial charge on any atom is 0.254 e. The second-order valence-corrected chi connectivity index (χ2v) is 18.7. The number of aliphatic hydroxyl groups is 2. The zero-order chi connectivity index (χ0) is 48.5. The van der Waals surface area contributed by atoms with Crippen molar-refractivity contribution >= 4 is 28.7 Å². The van der Waals surface area contributed by atoms with Crippen LogP contribution in [0.1, 0.15) is 108 Å². The molecule has 362 valence electrons. The Morgan fingerprint density at radius 2 is 1.70 bits per heavy atom. The van der Waals surface area contributed by atoms with Crippen molar-refractivity contribution in [3.8, 4) is 23.3 Å². The van der Waals surface area contributed by atoms with E-state index in [0.29, 0.717) is 65.5 Å². The van der Waals surface area contributed by atoms with Crippen LogP contribution in [0.4, 0.5) is 0 Å². The minimum Gasteiger partial charge on any atom is -0.459 e. The van der Waals surface area contributed by atoms with Gasteiger partial charge in [-0.1, -0.05) is 84.7 Å². The first-order valence-corrected chi connectivity index (χ1v) is 24.7. The monoisotopic (exact) mass is 943 g/mol. The molecule has 5 aromatic carbocycles. The first kappa shape index (κ1) is 48.4. The van der Waals surface area contributed by atoms with E-state index < -0.39 is 24.0 Å². The average molecular weight is 944 g/mol. The molecule has 4 aliphatic rings. The van der Waals surface area contributed by atoms with Gasteiger partial charge in [0.15, 0.2) is 0 Å². The van der Waals surface area contributed by atoms with E-state index in [1.807, 2.05) is 53.4 Å². The first-order chi connectivity index (χ1) is 34.4. The largest absolute Gasteiger partial charge is 0.459 e. The summed E-state index contributed by atoms with van der Waals surface area (Å²) in [5.74, 6) is -1.06. The Balaban J connectivity index is 1.28. The molecule has 0 bridgehead atoms. The van der Waals surface area contributed by atoms with Crippen molar-refractivity contribution in [2.24, 2.45) is 22.9 Å². The Hall–Kier alpha value is -6.62. The van der Waals surface area contributed by atoms with Gasteiger partial charge in [-0.05, 0) is 127 Å². The van der Waals surface area contributed by atoms with Gasteiger partial charge in [-0.2, -0.15) is 5.26 Å². The number of rotatable bonds is 20. The predicted molar refractivity (Wildman–Crippen MR) is 267 cm³/mol. The molecule has 70 heavy (non-hydrogen) atoms. The molecule has 2 heterocycles. The molecule has 1 saturated heterocycles. The SMILES string of the molecule is C=CCO[C@@]12Oc3ccc(Oc4cccc(C=O)c4)cc3[C@H]3[C@H](CCCCO)[C@@H](CCCCO)C=C(C(=NOC4CCCCO4)C[C@@H]1N(Cc1cccc4ccccc14)C(=O)c1ccc(C#N)cc1)[C@H]32. The number of ether oxygens (including phenoxy) is 4. The Morgan fingerprint density at radius 3 is 2.47 bits per heavy atom. The molecular weight excluding hydrogens is 883 g/mol. The van der Waals surface area contributed by atoms with Crippen LogP contribution in [0.15, 0.2) is 139 Å². The third-order valence-corrected chi connectivity index (χ3v) is 14.4. The zero-order valence-electron chi connectivity index (χ0n) is 39.5. The Morgan fingerprint density at radius 1 is 0.914 bits per heavy atom. The summed E-state index contributed by atoms with van der Waals surface area (Å²) in [6.07, 6.45) is 11.4. The van der Waals surface area contributed by atoms with Crippen molar-refractivity contribution < 1.29 is 43.6 Å². The van der Waals surface area contributed by atoms with Crippen molar-refractivity contribution in [2.75, 3.05) is 26.4 Å². The fraction of sp³-hybridized carbons (Fsp3) is 0.379. The number of carbonyl (C=O) groups is 2. The van der Waals surface area contributed by atoms with Gasteiger partial charge in [0.2, 0.25) is 12.1 Å². The standard InChI is InChI=1S/C58H61N3O9/c1-2-30-67-58-53(61(57(65)42-24-22-39(36-59)23-25-42)37-44-17-12-16-41-14-3-4-19-47(41)44)35-51(60-70-54-21-7-10-31-66-54)49-33-43(15-5-8-28-62)48(20-6-9-29-63)55(56(49)58)50-34-46(26-27-52(50)69-58)68-45-18-11-13-40(32-45)38-64/h2-4,11-14,16-19,22-27,32-34,38,43,48,53-56,62-63H,1,5-10,15,20-21,28-31,35,37H2/t43-,48+,53-,54?,55+,56+,58+/m0/s1. The number of nitriles is 1. The Bertz CT molecular complexity index is 2750. The Labute approximate surface area is 409 Å². The highest BCUT2D eigenvalue weighted by molar-refractivity contribution is 6.03. The van der Waals surface area contributed by atoms with Gasteiger partial charge in [-0.25, -0.2) is 0 Å². The molecule has 2 aliphatic carbocycles. The summed E-state index contributed by atoms with van der Waals surface area (Å²) in [5, 5.41) is 37.0. The van der Waals surface area contributed by atoms with Crippen LogP contribution in [0.3, 0.4) is 0 Å². The van der Waals surface area contributed by atoms with E-state index in [2.05, 4.69) is 36.9 Å². The van der Waals surface area contributed by atoms with Crippen molar-refractivity contribution in [1.29, 1.82) is 5.26 Å². The van der Waals surface area contributed by atoms with Gasteiger partial charge >= 0.3 is 0 Å². The number of carbonyl (C=O) groups excluding carboxylic acids is 2. The third-order valence-electron chi connectivity index (χ3n) is 14.4. The van der Waals surface area contributed by atoms with Gasteiger partial charge in [0.25, 0.3) is 5.91 Å². The van der Waals surface area contributed by atoms with Crippen LogP contribution in [0.25, 0.3) is 10.8 Å². The summed E-state index contributed by atoms with van der Waals surface area (Å²) < 4.78 is 27.4. The molecule has 5 aromatic rings. The maximum absolute atomic E-state index is 15.7. The van der Waals surface area contributed by atoms with Crippen molar-refractivity contribution in [1.82, 2.24) is 4.90 Å². The summed E-state index contributed by atoms with van der Waals surface area (Å²) in [5.41, 5.74) is 4.71. The minimum absolute atomic E-state index is 0.0122. The van der Waals surface area contributed by atoms with E-state index in [9.17, 15) is 20.3 Å². The topological polar surface area (TPSA) is 160 Å². The molecule has 12 heteroatoms. The van der Waals surface area contributed by atoms with Gasteiger partial charge in [0, 0.05) is 55.2 Å². The van der Waals surface area contributed by atoms with Crippen LogP contribution in [-0.2, 0) is 20.9 Å². The molecule has 12 nitrogen and oxygen atoms in total. The van der Waals surface area contributed by atoms with Crippen LogP contribution < -0.4 is 9.47 Å². The summed E-state index contributed by atoms with van der Waals surface area (Å²) in [6, 6.07) is 35.1. The van der Waals surface area contributed by atoms with Crippen molar-refractivity contribution in [3.05, 3.63) is 161 Å². The number of amides is 1. The smallest absolute Gasteiger partial charge is 0.254 e. The zero-order valence-corrected chi connectivity index (χ0v) is 39.5. The van der Waals surface area contributed by atoms with Crippen molar-refractivity contribution in [2.45, 2.75) is 94.8 Å². The molecule has 9 rings (SSSR count).